The first-order valence-corrected chi connectivity index (χ1v) is 6.54. The normalized spacial score (nSPS) is 12.0. The molecule has 1 heterocycles. The summed E-state index contributed by atoms with van der Waals surface area (Å²) in [5, 5.41) is 12.6. The van der Waals surface area contributed by atoms with E-state index in [0.29, 0.717) is 23.2 Å². The summed E-state index contributed by atoms with van der Waals surface area (Å²) in [6, 6.07) is 15.0. The Kier molecular flexibility index (Phi) is 3.31. The Bertz CT molecular complexity index is 860. The van der Waals surface area contributed by atoms with Gasteiger partial charge in [-0.3, -0.25) is 4.57 Å². The molecular weight excluding hydrogens is 268 g/mol. The molecule has 0 aliphatic rings. The SMILES string of the molecule is Cn1c(=O)oc2cc(C(Cc3ccccc3)=NO)ccc21. The molecule has 3 rings (SSSR count). The fourth-order valence-electron chi connectivity index (χ4n) is 2.30. The lowest BCUT2D eigenvalue weighted by molar-refractivity contribution is 0.318. The van der Waals surface area contributed by atoms with Crippen molar-refractivity contribution in [1.29, 1.82) is 0 Å². The van der Waals surface area contributed by atoms with Crippen LogP contribution in [0.3, 0.4) is 0 Å². The van der Waals surface area contributed by atoms with Crippen LogP contribution < -0.4 is 5.76 Å². The van der Waals surface area contributed by atoms with Gasteiger partial charge in [-0.25, -0.2) is 4.79 Å². The molecule has 0 spiro atoms. The molecule has 2 aromatic carbocycles. The average molecular weight is 282 g/mol. The molecule has 21 heavy (non-hydrogen) atoms. The predicted octanol–water partition coefficient (Wildman–Crippen LogP) is 2.55. The minimum Gasteiger partial charge on any atom is -0.411 e. The summed E-state index contributed by atoms with van der Waals surface area (Å²) in [5.41, 5.74) is 3.48. The maximum Gasteiger partial charge on any atom is 0.419 e. The number of nitrogens with zero attached hydrogens (tertiary/aromatic N) is 2. The minimum absolute atomic E-state index is 0.410. The third-order valence-corrected chi connectivity index (χ3v) is 3.46. The maximum absolute atomic E-state index is 11.5. The van der Waals surface area contributed by atoms with Gasteiger partial charge in [0.1, 0.15) is 0 Å². The van der Waals surface area contributed by atoms with Crippen molar-refractivity contribution >= 4 is 16.8 Å². The van der Waals surface area contributed by atoms with Crippen molar-refractivity contribution < 1.29 is 9.62 Å². The Labute approximate surface area is 120 Å². The van der Waals surface area contributed by atoms with Gasteiger partial charge in [-0.2, -0.15) is 0 Å². The van der Waals surface area contributed by atoms with Crippen LogP contribution in [0.2, 0.25) is 0 Å². The molecule has 0 unspecified atom stereocenters. The molecule has 5 nitrogen and oxygen atoms in total. The lowest BCUT2D eigenvalue weighted by Gasteiger charge is -2.05. The summed E-state index contributed by atoms with van der Waals surface area (Å²) in [5.74, 6) is -0.410. The van der Waals surface area contributed by atoms with Crippen molar-refractivity contribution in [1.82, 2.24) is 4.57 Å². The zero-order valence-electron chi connectivity index (χ0n) is 11.5. The molecule has 0 saturated heterocycles. The van der Waals surface area contributed by atoms with Gasteiger partial charge in [-0.1, -0.05) is 41.6 Å². The highest BCUT2D eigenvalue weighted by atomic mass is 16.4. The van der Waals surface area contributed by atoms with Gasteiger partial charge in [0.05, 0.1) is 11.2 Å². The van der Waals surface area contributed by atoms with Crippen LogP contribution >= 0.6 is 0 Å². The third kappa shape index (κ3) is 2.45. The van der Waals surface area contributed by atoms with Crippen LogP contribution in [0.15, 0.2) is 62.9 Å². The van der Waals surface area contributed by atoms with Gasteiger partial charge in [0, 0.05) is 19.0 Å². The second-order valence-electron chi connectivity index (χ2n) is 4.82. The molecular formula is C16H14N2O3. The molecule has 3 aromatic rings. The van der Waals surface area contributed by atoms with Crippen molar-refractivity contribution in [3.05, 3.63) is 70.2 Å². The van der Waals surface area contributed by atoms with Crippen molar-refractivity contribution in [3.63, 3.8) is 0 Å². The van der Waals surface area contributed by atoms with E-state index < -0.39 is 5.76 Å². The topological polar surface area (TPSA) is 67.7 Å². The first-order valence-electron chi connectivity index (χ1n) is 6.54. The maximum atomic E-state index is 11.5. The van der Waals surface area contributed by atoms with Gasteiger partial charge in [0.15, 0.2) is 5.58 Å². The molecule has 0 bridgehead atoms. The Morgan fingerprint density at radius 3 is 2.71 bits per heavy atom. The average Bonchev–Trinajstić information content (AvgIpc) is 2.80. The molecule has 0 fully saturated rings. The lowest BCUT2D eigenvalue weighted by atomic mass is 10.0. The van der Waals surface area contributed by atoms with Crippen LogP contribution in [0, 0.1) is 0 Å². The number of oxime groups is 1. The van der Waals surface area contributed by atoms with Crippen molar-refractivity contribution in [2.45, 2.75) is 6.42 Å². The number of oxazole rings is 1. The van der Waals surface area contributed by atoms with E-state index in [1.165, 1.54) is 4.57 Å². The number of hydrogen-bond donors (Lipinski definition) is 1. The van der Waals surface area contributed by atoms with Crippen LogP contribution in [-0.4, -0.2) is 15.5 Å². The van der Waals surface area contributed by atoms with Gasteiger partial charge in [0.25, 0.3) is 0 Å². The number of fused-ring (bicyclic) bond motifs is 1. The highest BCUT2D eigenvalue weighted by Crippen LogP contribution is 2.16. The van der Waals surface area contributed by atoms with Crippen LogP contribution in [0.25, 0.3) is 11.1 Å². The Hall–Kier alpha value is -2.82. The van der Waals surface area contributed by atoms with Crippen molar-refractivity contribution in [2.75, 3.05) is 0 Å². The van der Waals surface area contributed by atoms with Crippen LogP contribution in [0.1, 0.15) is 11.1 Å². The van der Waals surface area contributed by atoms with Crippen LogP contribution in [0.4, 0.5) is 0 Å². The molecule has 0 atom stereocenters. The number of aryl methyl sites for hydroxylation is 1. The van der Waals surface area contributed by atoms with Crippen LogP contribution in [-0.2, 0) is 13.5 Å². The van der Waals surface area contributed by atoms with E-state index in [-0.39, 0.29) is 0 Å². The highest BCUT2D eigenvalue weighted by molar-refractivity contribution is 6.03. The summed E-state index contributed by atoms with van der Waals surface area (Å²) in [4.78, 5) is 11.5. The molecule has 0 saturated carbocycles. The smallest absolute Gasteiger partial charge is 0.411 e. The number of aromatic nitrogens is 1. The number of rotatable bonds is 3. The molecule has 0 radical (unpaired) electrons. The first kappa shape index (κ1) is 13.2. The fourth-order valence-corrected chi connectivity index (χ4v) is 2.30. The van der Waals surface area contributed by atoms with E-state index in [9.17, 15) is 10.0 Å². The zero-order valence-corrected chi connectivity index (χ0v) is 11.5. The summed E-state index contributed by atoms with van der Waals surface area (Å²) < 4.78 is 6.59. The van der Waals surface area contributed by atoms with E-state index in [1.807, 2.05) is 36.4 Å². The lowest BCUT2D eigenvalue weighted by Crippen LogP contribution is -2.08. The Balaban J connectivity index is 2.00. The molecule has 1 N–H and O–H groups in total. The predicted molar refractivity (Wildman–Crippen MR) is 79.9 cm³/mol. The number of benzene rings is 2. The molecule has 5 heteroatoms. The largest absolute Gasteiger partial charge is 0.419 e. The first-order chi connectivity index (χ1) is 10.2. The minimum atomic E-state index is -0.410. The Morgan fingerprint density at radius 2 is 2.00 bits per heavy atom. The second kappa shape index (κ2) is 5.28. The van der Waals surface area contributed by atoms with E-state index in [1.54, 1.807) is 19.2 Å². The van der Waals surface area contributed by atoms with Crippen LogP contribution in [0.5, 0.6) is 0 Å². The molecule has 0 aliphatic heterocycles. The van der Waals surface area contributed by atoms with E-state index in [4.69, 9.17) is 4.42 Å². The van der Waals surface area contributed by atoms with E-state index >= 15 is 0 Å². The van der Waals surface area contributed by atoms with Crippen molar-refractivity contribution in [3.8, 4) is 0 Å². The van der Waals surface area contributed by atoms with E-state index in [0.717, 1.165) is 11.1 Å². The van der Waals surface area contributed by atoms with Gasteiger partial charge >= 0.3 is 5.76 Å². The van der Waals surface area contributed by atoms with Gasteiger partial charge in [0.2, 0.25) is 0 Å². The monoisotopic (exact) mass is 282 g/mol. The molecule has 0 aliphatic carbocycles. The van der Waals surface area contributed by atoms with Gasteiger partial charge in [-0.05, 0) is 17.7 Å². The van der Waals surface area contributed by atoms with Gasteiger partial charge in [-0.15, -0.1) is 0 Å². The highest BCUT2D eigenvalue weighted by Gasteiger charge is 2.11. The number of hydrogen-bond acceptors (Lipinski definition) is 4. The summed E-state index contributed by atoms with van der Waals surface area (Å²) >= 11 is 0. The molecule has 1 aromatic heterocycles. The summed E-state index contributed by atoms with van der Waals surface area (Å²) in [7, 11) is 1.65. The fraction of sp³-hybridized carbons (Fsp3) is 0.125. The van der Waals surface area contributed by atoms with Crippen molar-refractivity contribution in [2.24, 2.45) is 12.2 Å². The summed E-state index contributed by atoms with van der Waals surface area (Å²) in [6.07, 6.45) is 0.500. The third-order valence-electron chi connectivity index (χ3n) is 3.46. The zero-order chi connectivity index (χ0) is 14.8. The molecule has 0 amide bonds. The Morgan fingerprint density at radius 1 is 1.24 bits per heavy atom. The molecule has 106 valence electrons. The van der Waals surface area contributed by atoms with Gasteiger partial charge < -0.3 is 9.62 Å². The van der Waals surface area contributed by atoms with E-state index in [2.05, 4.69) is 5.16 Å². The standard InChI is InChI=1S/C16H14N2O3/c1-18-14-8-7-12(10-15(14)21-16(18)19)13(17-20)9-11-5-3-2-4-6-11/h2-8,10,20H,9H2,1H3. The quantitative estimate of drug-likeness (QED) is 0.456. The second-order valence-corrected chi connectivity index (χ2v) is 4.82. The summed E-state index contributed by atoms with van der Waals surface area (Å²) in [6.45, 7) is 0.